The summed E-state index contributed by atoms with van der Waals surface area (Å²) in [6.07, 6.45) is 0. The molecular weight excluding hydrogens is 595 g/mol. The summed E-state index contributed by atoms with van der Waals surface area (Å²) in [5.74, 6) is 0. The molecule has 0 N–H and O–H groups in total. The van der Waals surface area contributed by atoms with Crippen molar-refractivity contribution in [1.29, 1.82) is 0 Å². The van der Waals surface area contributed by atoms with E-state index in [0.717, 1.165) is 17.1 Å². The van der Waals surface area contributed by atoms with E-state index in [2.05, 4.69) is 177 Å². The van der Waals surface area contributed by atoms with Crippen molar-refractivity contribution in [2.75, 3.05) is 4.90 Å². The van der Waals surface area contributed by atoms with E-state index in [1.807, 2.05) is 0 Å². The molecule has 3 nitrogen and oxygen atoms in total. The largest absolute Gasteiger partial charge is 0.308 e. The Kier molecular flexibility index (Phi) is 4.72. The standard InChI is InChI=1S/C46H27N3/c1-3-12-29(13-4-1)47(30-14-5-2-6-15-30)40-23-11-20-35-33-19-10-21-37-42-39(49(44(33)37)45(35)40)27-25-28-24-26-36-34-18-9-17-32-31-16-7-8-22-38(31)48(43(32)34)46(36)41(28)42/h1-27H. The zero-order valence-electron chi connectivity index (χ0n) is 26.4. The molecule has 4 heterocycles. The van der Waals surface area contributed by atoms with Crippen molar-refractivity contribution in [1.82, 2.24) is 8.80 Å². The molecule has 0 aliphatic rings. The fraction of sp³-hybridized carbons (Fsp3) is 0. The fourth-order valence-corrected chi connectivity index (χ4v) is 9.07. The summed E-state index contributed by atoms with van der Waals surface area (Å²) >= 11 is 0. The van der Waals surface area contributed by atoms with E-state index in [1.54, 1.807) is 0 Å². The molecule has 0 saturated carbocycles. The van der Waals surface area contributed by atoms with Gasteiger partial charge in [0, 0.05) is 59.9 Å². The Labute approximate surface area is 280 Å². The summed E-state index contributed by atoms with van der Waals surface area (Å²) in [5, 5.41) is 13.0. The molecule has 3 heteroatoms. The van der Waals surface area contributed by atoms with Crippen LogP contribution in [0.4, 0.5) is 17.1 Å². The number of rotatable bonds is 3. The van der Waals surface area contributed by atoms with Gasteiger partial charge in [0.15, 0.2) is 0 Å². The number of fused-ring (bicyclic) bond motifs is 15. The van der Waals surface area contributed by atoms with Gasteiger partial charge < -0.3 is 13.7 Å². The van der Waals surface area contributed by atoms with Gasteiger partial charge in [-0.1, -0.05) is 121 Å². The Bertz CT molecular complexity index is 3220. The molecule has 4 aromatic heterocycles. The van der Waals surface area contributed by atoms with Crippen molar-refractivity contribution in [2.24, 2.45) is 0 Å². The van der Waals surface area contributed by atoms with Crippen molar-refractivity contribution in [3.05, 3.63) is 164 Å². The minimum absolute atomic E-state index is 1.13. The van der Waals surface area contributed by atoms with Crippen LogP contribution in [0.25, 0.3) is 87.0 Å². The third-order valence-electron chi connectivity index (χ3n) is 10.9. The Morgan fingerprint density at radius 1 is 0.306 bits per heavy atom. The van der Waals surface area contributed by atoms with Gasteiger partial charge in [-0.15, -0.1) is 0 Å². The van der Waals surface area contributed by atoms with Crippen LogP contribution < -0.4 is 4.90 Å². The van der Waals surface area contributed by atoms with Gasteiger partial charge in [0.05, 0.1) is 38.8 Å². The highest BCUT2D eigenvalue weighted by Crippen LogP contribution is 2.49. The predicted octanol–water partition coefficient (Wildman–Crippen LogP) is 12.6. The van der Waals surface area contributed by atoms with Gasteiger partial charge in [-0.2, -0.15) is 0 Å². The second-order valence-corrected chi connectivity index (χ2v) is 13.3. The van der Waals surface area contributed by atoms with Crippen LogP contribution in [-0.4, -0.2) is 8.80 Å². The van der Waals surface area contributed by atoms with Gasteiger partial charge in [0.25, 0.3) is 0 Å². The second kappa shape index (κ2) is 9.06. The average Bonchev–Trinajstić information content (AvgIpc) is 3.90. The van der Waals surface area contributed by atoms with Gasteiger partial charge in [-0.25, -0.2) is 0 Å². The molecule has 0 saturated heterocycles. The van der Waals surface area contributed by atoms with Gasteiger partial charge in [0.1, 0.15) is 0 Å². The lowest BCUT2D eigenvalue weighted by molar-refractivity contribution is 1.27. The summed E-state index contributed by atoms with van der Waals surface area (Å²) in [6, 6.07) is 60.1. The highest BCUT2D eigenvalue weighted by Gasteiger charge is 2.26. The van der Waals surface area contributed by atoms with Crippen molar-refractivity contribution in [3.63, 3.8) is 0 Å². The predicted molar refractivity (Wildman–Crippen MR) is 208 cm³/mol. The first kappa shape index (κ1) is 25.5. The molecule has 0 atom stereocenters. The quantitative estimate of drug-likeness (QED) is 0.191. The SMILES string of the molecule is c1ccc(N(c2ccccc2)c2cccc3c4cccc5c6c7c(ccc8c9cccc%10c%11ccccc%11n(c%109)c87)ccc6n(c23)c45)cc1. The van der Waals surface area contributed by atoms with Gasteiger partial charge in [-0.3, -0.25) is 0 Å². The molecule has 0 unspecified atom stereocenters. The molecular formula is C46H27N3. The maximum absolute atomic E-state index is 2.55. The first-order valence-corrected chi connectivity index (χ1v) is 17.0. The minimum atomic E-state index is 1.13. The topological polar surface area (TPSA) is 12.1 Å². The van der Waals surface area contributed by atoms with Gasteiger partial charge >= 0.3 is 0 Å². The lowest BCUT2D eigenvalue weighted by Crippen LogP contribution is -2.10. The molecule has 226 valence electrons. The molecule has 0 amide bonds. The number of anilines is 3. The van der Waals surface area contributed by atoms with Crippen molar-refractivity contribution >= 4 is 104 Å². The molecule has 0 fully saturated rings. The van der Waals surface area contributed by atoms with Crippen molar-refractivity contribution in [3.8, 4) is 0 Å². The van der Waals surface area contributed by atoms with E-state index in [0.29, 0.717) is 0 Å². The Morgan fingerprint density at radius 3 is 1.55 bits per heavy atom. The maximum Gasteiger partial charge on any atom is 0.0782 e. The van der Waals surface area contributed by atoms with E-state index in [9.17, 15) is 0 Å². The molecule has 12 rings (SSSR count). The lowest BCUT2D eigenvalue weighted by Gasteiger charge is -2.26. The molecule has 49 heavy (non-hydrogen) atoms. The molecule has 0 aliphatic carbocycles. The zero-order valence-corrected chi connectivity index (χ0v) is 26.4. The van der Waals surface area contributed by atoms with Crippen molar-refractivity contribution < 1.29 is 0 Å². The first-order valence-electron chi connectivity index (χ1n) is 17.0. The number of hydrogen-bond donors (Lipinski definition) is 0. The summed E-state index contributed by atoms with van der Waals surface area (Å²) in [6.45, 7) is 0. The molecule has 0 aliphatic heterocycles. The molecule has 0 bridgehead atoms. The average molecular weight is 622 g/mol. The first-order chi connectivity index (χ1) is 24.4. The number of nitrogens with zero attached hydrogens (tertiary/aromatic N) is 3. The number of hydrogen-bond acceptors (Lipinski definition) is 1. The number of aromatic nitrogens is 2. The van der Waals surface area contributed by atoms with E-state index >= 15 is 0 Å². The fourth-order valence-electron chi connectivity index (χ4n) is 9.07. The summed E-state index contributed by atoms with van der Waals surface area (Å²) in [4.78, 5) is 2.40. The summed E-state index contributed by atoms with van der Waals surface area (Å²) < 4.78 is 5.09. The van der Waals surface area contributed by atoms with E-state index in [4.69, 9.17) is 0 Å². The van der Waals surface area contributed by atoms with Crippen LogP contribution >= 0.6 is 0 Å². The van der Waals surface area contributed by atoms with Crippen LogP contribution in [-0.2, 0) is 0 Å². The normalized spacial score (nSPS) is 12.5. The summed E-state index contributed by atoms with van der Waals surface area (Å²) in [5.41, 5.74) is 11.0. The lowest BCUT2D eigenvalue weighted by atomic mass is 9.99. The van der Waals surface area contributed by atoms with Crippen LogP contribution in [0.3, 0.4) is 0 Å². The van der Waals surface area contributed by atoms with E-state index in [1.165, 1.54) is 87.0 Å². The van der Waals surface area contributed by atoms with Crippen LogP contribution in [0, 0.1) is 0 Å². The molecule has 0 radical (unpaired) electrons. The highest BCUT2D eigenvalue weighted by atomic mass is 15.2. The smallest absolute Gasteiger partial charge is 0.0782 e. The Hall–Kier alpha value is -6.58. The van der Waals surface area contributed by atoms with Crippen LogP contribution in [0.1, 0.15) is 0 Å². The third-order valence-corrected chi connectivity index (χ3v) is 10.9. The number of benzene rings is 8. The summed E-state index contributed by atoms with van der Waals surface area (Å²) in [7, 11) is 0. The van der Waals surface area contributed by atoms with Crippen LogP contribution in [0.2, 0.25) is 0 Å². The Morgan fingerprint density at radius 2 is 0.816 bits per heavy atom. The molecule has 0 spiro atoms. The zero-order chi connectivity index (χ0) is 31.8. The van der Waals surface area contributed by atoms with Crippen LogP contribution in [0.5, 0.6) is 0 Å². The monoisotopic (exact) mass is 621 g/mol. The second-order valence-electron chi connectivity index (χ2n) is 13.3. The van der Waals surface area contributed by atoms with Crippen LogP contribution in [0.15, 0.2) is 164 Å². The van der Waals surface area contributed by atoms with E-state index in [-0.39, 0.29) is 0 Å². The van der Waals surface area contributed by atoms with Gasteiger partial charge in [0.2, 0.25) is 0 Å². The van der Waals surface area contributed by atoms with E-state index < -0.39 is 0 Å². The highest BCUT2D eigenvalue weighted by molar-refractivity contribution is 6.36. The number of para-hydroxylation sites is 6. The third kappa shape index (κ3) is 3.09. The van der Waals surface area contributed by atoms with Gasteiger partial charge in [-0.05, 0) is 47.9 Å². The molecule has 12 aromatic rings. The van der Waals surface area contributed by atoms with Crippen molar-refractivity contribution in [2.45, 2.75) is 0 Å². The minimum Gasteiger partial charge on any atom is -0.308 e. The maximum atomic E-state index is 2.55. The Balaban J connectivity index is 1.31. The molecule has 8 aromatic carbocycles.